The second-order valence-corrected chi connectivity index (χ2v) is 7.71. The second-order valence-electron chi connectivity index (χ2n) is 7.71. The number of carbonyl (C=O) groups is 2. The summed E-state index contributed by atoms with van der Waals surface area (Å²) in [6.07, 6.45) is 5.01. The Morgan fingerprint density at radius 3 is 2.77 bits per heavy atom. The summed E-state index contributed by atoms with van der Waals surface area (Å²) in [6, 6.07) is 10.9. The normalized spacial score (nSPS) is 22.2. The van der Waals surface area contributed by atoms with Crippen molar-refractivity contribution in [3.05, 3.63) is 53.9 Å². The lowest BCUT2D eigenvalue weighted by atomic mass is 9.89. The molecule has 1 amide bonds. The maximum atomic E-state index is 12.6. The number of methoxy groups -OCH3 is 1. The molecule has 160 valence electrons. The van der Waals surface area contributed by atoms with E-state index in [2.05, 4.69) is 22.4 Å². The number of hydrogen-bond acceptors (Lipinski definition) is 6. The van der Waals surface area contributed by atoms with Gasteiger partial charge in [0.15, 0.2) is 17.2 Å². The molecule has 0 radical (unpaired) electrons. The number of esters is 1. The number of nitrogens with zero attached hydrogens (tertiary/aromatic N) is 1. The van der Waals surface area contributed by atoms with Crippen LogP contribution in [0.15, 0.2) is 42.6 Å². The van der Waals surface area contributed by atoms with E-state index in [1.807, 2.05) is 25.1 Å². The van der Waals surface area contributed by atoms with Gasteiger partial charge in [-0.3, -0.25) is 4.79 Å². The van der Waals surface area contributed by atoms with Gasteiger partial charge in [-0.15, -0.1) is 0 Å². The number of rotatable bonds is 5. The SMILES string of the molecule is COc1ccnc(C(=O)N[C@H]2CCC[C@H](Cc3ccccc3)C[C@H](C)OC2=O)c1O. The highest BCUT2D eigenvalue weighted by atomic mass is 16.5. The first-order valence-electron chi connectivity index (χ1n) is 10.2. The minimum absolute atomic E-state index is 0.143. The van der Waals surface area contributed by atoms with E-state index in [4.69, 9.17) is 9.47 Å². The summed E-state index contributed by atoms with van der Waals surface area (Å²) < 4.78 is 10.6. The molecule has 30 heavy (non-hydrogen) atoms. The van der Waals surface area contributed by atoms with Crippen LogP contribution >= 0.6 is 0 Å². The average molecular weight is 412 g/mol. The summed E-state index contributed by atoms with van der Waals surface area (Å²) in [5.74, 6) is -0.914. The van der Waals surface area contributed by atoms with Crippen molar-refractivity contribution in [2.75, 3.05) is 7.11 Å². The van der Waals surface area contributed by atoms with Crippen LogP contribution in [0.3, 0.4) is 0 Å². The third kappa shape index (κ3) is 5.49. The number of pyridine rings is 1. The minimum atomic E-state index is -0.789. The zero-order valence-corrected chi connectivity index (χ0v) is 17.3. The highest BCUT2D eigenvalue weighted by Gasteiger charge is 2.29. The van der Waals surface area contributed by atoms with Crippen molar-refractivity contribution >= 4 is 11.9 Å². The van der Waals surface area contributed by atoms with Gasteiger partial charge in [0.2, 0.25) is 0 Å². The molecule has 0 unspecified atom stereocenters. The first-order chi connectivity index (χ1) is 14.5. The van der Waals surface area contributed by atoms with Gasteiger partial charge in [0.05, 0.1) is 13.2 Å². The van der Waals surface area contributed by atoms with Gasteiger partial charge in [0.25, 0.3) is 5.91 Å². The van der Waals surface area contributed by atoms with Crippen LogP contribution in [0, 0.1) is 5.92 Å². The quantitative estimate of drug-likeness (QED) is 0.732. The number of carbonyl (C=O) groups excluding carboxylic acids is 2. The van der Waals surface area contributed by atoms with Gasteiger partial charge in [-0.05, 0) is 44.1 Å². The maximum Gasteiger partial charge on any atom is 0.328 e. The van der Waals surface area contributed by atoms with Crippen molar-refractivity contribution in [1.29, 1.82) is 0 Å². The zero-order chi connectivity index (χ0) is 21.5. The summed E-state index contributed by atoms with van der Waals surface area (Å²) in [4.78, 5) is 29.2. The molecular formula is C23H28N2O5. The van der Waals surface area contributed by atoms with Gasteiger partial charge in [0.1, 0.15) is 6.04 Å². The highest BCUT2D eigenvalue weighted by molar-refractivity contribution is 5.97. The second kappa shape index (κ2) is 10.1. The standard InChI is InChI=1S/C23H28N2O5/c1-15-13-17(14-16-7-4-3-5-8-16)9-6-10-18(23(28)30-15)25-22(27)20-21(26)19(29-2)11-12-24-20/h3-5,7-8,11-12,15,17-18,26H,6,9-10,13-14H2,1-2H3,(H,25,27)/t15-,17-,18-/m0/s1. The van der Waals surface area contributed by atoms with E-state index in [-0.39, 0.29) is 23.3 Å². The predicted molar refractivity (Wildman–Crippen MR) is 111 cm³/mol. The van der Waals surface area contributed by atoms with Gasteiger partial charge in [-0.1, -0.05) is 36.8 Å². The molecule has 3 rings (SSSR count). The number of amides is 1. The largest absolute Gasteiger partial charge is 0.503 e. The van der Waals surface area contributed by atoms with E-state index in [0.717, 1.165) is 25.7 Å². The zero-order valence-electron chi connectivity index (χ0n) is 17.3. The fourth-order valence-corrected chi connectivity index (χ4v) is 3.90. The molecular weight excluding hydrogens is 384 g/mol. The Hall–Kier alpha value is -3.09. The number of aromatic hydroxyl groups is 1. The van der Waals surface area contributed by atoms with Crippen molar-refractivity contribution in [1.82, 2.24) is 10.3 Å². The maximum absolute atomic E-state index is 12.6. The molecule has 7 heteroatoms. The molecule has 0 bridgehead atoms. The van der Waals surface area contributed by atoms with Gasteiger partial charge in [0, 0.05) is 12.3 Å². The molecule has 0 aliphatic carbocycles. The molecule has 1 aromatic carbocycles. The number of cyclic esters (lactones) is 1. The summed E-state index contributed by atoms with van der Waals surface area (Å²) in [5, 5.41) is 12.8. The number of benzene rings is 1. The lowest BCUT2D eigenvalue weighted by Gasteiger charge is -2.20. The smallest absolute Gasteiger partial charge is 0.328 e. The number of nitrogens with one attached hydrogen (secondary N) is 1. The Bertz CT molecular complexity index is 871. The van der Waals surface area contributed by atoms with Crippen molar-refractivity contribution < 1.29 is 24.2 Å². The molecule has 1 fully saturated rings. The van der Waals surface area contributed by atoms with Gasteiger partial charge in [-0.2, -0.15) is 0 Å². The monoisotopic (exact) mass is 412 g/mol. The van der Waals surface area contributed by atoms with Crippen molar-refractivity contribution in [3.63, 3.8) is 0 Å². The summed E-state index contributed by atoms with van der Waals surface area (Å²) in [5.41, 5.74) is 1.08. The van der Waals surface area contributed by atoms with Crippen LogP contribution in [0.1, 0.15) is 48.7 Å². The van der Waals surface area contributed by atoms with Gasteiger partial charge in [-0.25, -0.2) is 9.78 Å². The van der Waals surface area contributed by atoms with E-state index < -0.39 is 17.9 Å². The molecule has 2 heterocycles. The highest BCUT2D eigenvalue weighted by Crippen LogP contribution is 2.28. The molecule has 3 atom stereocenters. The van der Waals surface area contributed by atoms with E-state index in [1.165, 1.54) is 24.9 Å². The van der Waals surface area contributed by atoms with Crippen LogP contribution in [-0.2, 0) is 16.0 Å². The Morgan fingerprint density at radius 2 is 2.03 bits per heavy atom. The molecule has 1 saturated heterocycles. The Balaban J connectivity index is 1.67. The van der Waals surface area contributed by atoms with E-state index in [1.54, 1.807) is 0 Å². The number of aromatic nitrogens is 1. The topological polar surface area (TPSA) is 97.8 Å². The van der Waals surface area contributed by atoms with Crippen LogP contribution < -0.4 is 10.1 Å². The van der Waals surface area contributed by atoms with E-state index >= 15 is 0 Å². The average Bonchev–Trinajstić information content (AvgIpc) is 2.78. The Morgan fingerprint density at radius 1 is 1.27 bits per heavy atom. The lowest BCUT2D eigenvalue weighted by molar-refractivity contribution is -0.151. The fraction of sp³-hybridized carbons (Fsp3) is 0.435. The van der Waals surface area contributed by atoms with Gasteiger partial charge >= 0.3 is 5.97 Å². The third-order valence-electron chi connectivity index (χ3n) is 5.37. The molecule has 1 aliphatic rings. The Kier molecular flexibility index (Phi) is 7.27. The van der Waals surface area contributed by atoms with Gasteiger partial charge < -0.3 is 19.9 Å². The molecule has 2 aromatic rings. The van der Waals surface area contributed by atoms with E-state index in [9.17, 15) is 14.7 Å². The molecule has 0 spiro atoms. The molecule has 0 saturated carbocycles. The van der Waals surface area contributed by atoms with Crippen LogP contribution in [0.5, 0.6) is 11.5 Å². The summed E-state index contributed by atoms with van der Waals surface area (Å²) >= 11 is 0. The molecule has 2 N–H and O–H groups in total. The summed E-state index contributed by atoms with van der Waals surface area (Å²) in [7, 11) is 1.39. The molecule has 1 aliphatic heterocycles. The fourth-order valence-electron chi connectivity index (χ4n) is 3.90. The molecule has 7 nitrogen and oxygen atoms in total. The first kappa shape index (κ1) is 21.6. The first-order valence-corrected chi connectivity index (χ1v) is 10.2. The number of ether oxygens (including phenoxy) is 2. The van der Waals surface area contributed by atoms with Crippen LogP contribution in [0.25, 0.3) is 0 Å². The minimum Gasteiger partial charge on any atom is -0.503 e. The number of hydrogen-bond donors (Lipinski definition) is 2. The van der Waals surface area contributed by atoms with Crippen LogP contribution in [0.2, 0.25) is 0 Å². The van der Waals surface area contributed by atoms with Crippen molar-refractivity contribution in [3.8, 4) is 11.5 Å². The van der Waals surface area contributed by atoms with Crippen LogP contribution in [-0.4, -0.2) is 41.2 Å². The van der Waals surface area contributed by atoms with Crippen LogP contribution in [0.4, 0.5) is 0 Å². The van der Waals surface area contributed by atoms with Crippen molar-refractivity contribution in [2.45, 2.75) is 51.2 Å². The lowest BCUT2D eigenvalue weighted by Crippen LogP contribution is -2.42. The summed E-state index contributed by atoms with van der Waals surface area (Å²) in [6.45, 7) is 1.88. The Labute approximate surface area is 176 Å². The predicted octanol–water partition coefficient (Wildman–Crippen LogP) is 3.26. The van der Waals surface area contributed by atoms with E-state index in [0.29, 0.717) is 12.3 Å². The third-order valence-corrected chi connectivity index (χ3v) is 5.37. The molecule has 1 aromatic heterocycles. The van der Waals surface area contributed by atoms with Crippen molar-refractivity contribution in [2.24, 2.45) is 5.92 Å².